The summed E-state index contributed by atoms with van der Waals surface area (Å²) in [4.78, 5) is 0. The molecule has 1 saturated carbocycles. The fraction of sp³-hybridized carbons (Fsp3) is 0.304. The lowest BCUT2D eigenvalue weighted by Crippen LogP contribution is -2.06. The summed E-state index contributed by atoms with van der Waals surface area (Å²) in [6.45, 7) is 4.22. The van der Waals surface area contributed by atoms with Crippen molar-refractivity contribution in [3.05, 3.63) is 64.9 Å². The quantitative estimate of drug-likeness (QED) is 0.748. The predicted molar refractivity (Wildman–Crippen MR) is 104 cm³/mol. The molecule has 1 N–H and O–H groups in total. The summed E-state index contributed by atoms with van der Waals surface area (Å²) in [5.74, 6) is 3.63. The molecule has 0 saturated heterocycles. The van der Waals surface area contributed by atoms with Crippen LogP contribution in [0.15, 0.2) is 48.2 Å². The van der Waals surface area contributed by atoms with Gasteiger partial charge in [0.05, 0.1) is 5.70 Å². The van der Waals surface area contributed by atoms with E-state index in [2.05, 4.69) is 67.5 Å². The first-order chi connectivity index (χ1) is 11.6. The molecule has 1 aliphatic rings. The molecule has 2 aromatic carbocycles. The first kappa shape index (κ1) is 16.4. The molecule has 0 atom stereocenters. The topological polar surface area (TPSA) is 12.0 Å². The lowest BCUT2D eigenvalue weighted by molar-refractivity contribution is 0.832. The van der Waals surface area contributed by atoms with Crippen LogP contribution in [0.4, 0.5) is 0 Å². The van der Waals surface area contributed by atoms with Gasteiger partial charge in [-0.2, -0.15) is 0 Å². The van der Waals surface area contributed by atoms with Gasteiger partial charge in [-0.1, -0.05) is 47.9 Å². The van der Waals surface area contributed by atoms with Crippen LogP contribution in [0.3, 0.4) is 0 Å². The fourth-order valence-electron chi connectivity index (χ4n) is 3.11. The van der Waals surface area contributed by atoms with Crippen molar-refractivity contribution < 1.29 is 0 Å². The first-order valence-corrected chi connectivity index (χ1v) is 8.67. The molecule has 2 aromatic rings. The molecule has 1 fully saturated rings. The van der Waals surface area contributed by atoms with Gasteiger partial charge in [0.2, 0.25) is 0 Å². The predicted octanol–water partition coefficient (Wildman–Crippen LogP) is 5.20. The summed E-state index contributed by atoms with van der Waals surface area (Å²) >= 11 is 0. The van der Waals surface area contributed by atoms with Crippen LogP contribution in [0, 0.1) is 25.2 Å². The Bertz CT molecular complexity index is 799. The maximum absolute atomic E-state index is 5.65. The summed E-state index contributed by atoms with van der Waals surface area (Å²) in [5.41, 5.74) is 8.44. The Morgan fingerprint density at radius 1 is 1.12 bits per heavy atom. The summed E-state index contributed by atoms with van der Waals surface area (Å²) in [5, 5.41) is 3.13. The van der Waals surface area contributed by atoms with Crippen LogP contribution in [0.1, 0.15) is 36.5 Å². The second-order valence-electron chi connectivity index (χ2n) is 6.83. The molecule has 0 aliphatic heterocycles. The van der Waals surface area contributed by atoms with Crippen LogP contribution < -0.4 is 5.32 Å². The first-order valence-electron chi connectivity index (χ1n) is 8.67. The molecule has 0 spiro atoms. The standard InChI is InChI=1S/C23H25N/c1-5-23(24-4)17(3)21-13-19(12-18-8-9-18)14-22(15-21)20-10-6-16(2)7-11-20/h1,6-7,10-11,13-15,18,24H,8-9,12H2,2-4H3/b23-17+. The van der Waals surface area contributed by atoms with E-state index in [1.54, 1.807) is 0 Å². The zero-order valence-electron chi connectivity index (χ0n) is 14.8. The van der Waals surface area contributed by atoms with E-state index in [0.717, 1.165) is 17.2 Å². The highest BCUT2D eigenvalue weighted by molar-refractivity contribution is 5.76. The van der Waals surface area contributed by atoms with E-state index in [9.17, 15) is 0 Å². The van der Waals surface area contributed by atoms with Crippen molar-refractivity contribution in [2.45, 2.75) is 33.1 Å². The third-order valence-corrected chi connectivity index (χ3v) is 4.80. The van der Waals surface area contributed by atoms with Gasteiger partial charge in [-0.25, -0.2) is 0 Å². The summed E-state index contributed by atoms with van der Waals surface area (Å²) in [7, 11) is 1.88. The van der Waals surface area contributed by atoms with Gasteiger partial charge in [0.15, 0.2) is 0 Å². The van der Waals surface area contributed by atoms with Crippen molar-refractivity contribution in [2.75, 3.05) is 7.05 Å². The van der Waals surface area contributed by atoms with Crippen LogP contribution in [0.2, 0.25) is 0 Å². The van der Waals surface area contributed by atoms with Crippen molar-refractivity contribution in [3.8, 4) is 23.5 Å². The zero-order valence-corrected chi connectivity index (χ0v) is 14.8. The second-order valence-corrected chi connectivity index (χ2v) is 6.83. The minimum Gasteiger partial charge on any atom is -0.381 e. The van der Waals surface area contributed by atoms with E-state index in [0.29, 0.717) is 0 Å². The number of allylic oxidation sites excluding steroid dienone is 2. The molecule has 3 rings (SSSR count). The summed E-state index contributed by atoms with van der Waals surface area (Å²) in [6.07, 6.45) is 9.55. The van der Waals surface area contributed by atoms with Gasteiger partial charge in [0.1, 0.15) is 0 Å². The minimum atomic E-state index is 0.855. The van der Waals surface area contributed by atoms with E-state index in [-0.39, 0.29) is 0 Å². The van der Waals surface area contributed by atoms with Crippen LogP contribution >= 0.6 is 0 Å². The molecule has 122 valence electrons. The highest BCUT2D eigenvalue weighted by atomic mass is 14.8. The molecular formula is C23H25N. The summed E-state index contributed by atoms with van der Waals surface area (Å²) in [6, 6.07) is 15.7. The van der Waals surface area contributed by atoms with Crippen molar-refractivity contribution in [2.24, 2.45) is 5.92 Å². The summed E-state index contributed by atoms with van der Waals surface area (Å²) < 4.78 is 0. The van der Waals surface area contributed by atoms with Crippen LogP contribution in [-0.2, 0) is 6.42 Å². The minimum absolute atomic E-state index is 0.855. The van der Waals surface area contributed by atoms with Gasteiger partial charge in [-0.15, -0.1) is 6.42 Å². The number of hydrogen-bond donors (Lipinski definition) is 1. The van der Waals surface area contributed by atoms with Gasteiger partial charge in [-0.3, -0.25) is 0 Å². The monoisotopic (exact) mass is 315 g/mol. The van der Waals surface area contributed by atoms with Gasteiger partial charge < -0.3 is 5.32 Å². The maximum atomic E-state index is 5.65. The molecule has 1 heteroatoms. The average Bonchev–Trinajstić information content (AvgIpc) is 3.40. The number of rotatable bonds is 5. The van der Waals surface area contributed by atoms with Crippen LogP contribution in [-0.4, -0.2) is 7.05 Å². The number of benzene rings is 2. The number of terminal acetylenes is 1. The van der Waals surface area contributed by atoms with Crippen molar-refractivity contribution in [1.29, 1.82) is 0 Å². The normalized spacial score (nSPS) is 14.8. The molecule has 0 unspecified atom stereocenters. The Morgan fingerprint density at radius 2 is 1.83 bits per heavy atom. The number of aryl methyl sites for hydroxylation is 1. The third kappa shape index (κ3) is 3.71. The Labute approximate surface area is 145 Å². The van der Waals surface area contributed by atoms with E-state index in [4.69, 9.17) is 6.42 Å². The van der Waals surface area contributed by atoms with E-state index >= 15 is 0 Å². The third-order valence-electron chi connectivity index (χ3n) is 4.80. The van der Waals surface area contributed by atoms with E-state index in [1.807, 2.05) is 7.05 Å². The Balaban J connectivity index is 2.08. The molecule has 0 radical (unpaired) electrons. The Hall–Kier alpha value is -2.46. The smallest absolute Gasteiger partial charge is 0.0883 e. The molecule has 24 heavy (non-hydrogen) atoms. The second kappa shape index (κ2) is 6.97. The van der Waals surface area contributed by atoms with E-state index in [1.165, 1.54) is 47.1 Å². The van der Waals surface area contributed by atoms with E-state index < -0.39 is 0 Å². The lowest BCUT2D eigenvalue weighted by Gasteiger charge is -2.13. The van der Waals surface area contributed by atoms with Crippen molar-refractivity contribution >= 4 is 5.57 Å². The highest BCUT2D eigenvalue weighted by Gasteiger charge is 2.22. The molecule has 1 nitrogen and oxygen atoms in total. The molecule has 0 amide bonds. The fourth-order valence-corrected chi connectivity index (χ4v) is 3.11. The highest BCUT2D eigenvalue weighted by Crippen LogP contribution is 2.35. The molecule has 1 aliphatic carbocycles. The van der Waals surface area contributed by atoms with Gasteiger partial charge in [0, 0.05) is 7.05 Å². The lowest BCUT2D eigenvalue weighted by atomic mass is 9.93. The Kier molecular flexibility index (Phi) is 4.76. The zero-order chi connectivity index (χ0) is 17.1. The van der Waals surface area contributed by atoms with Gasteiger partial charge in [-0.05, 0) is 72.9 Å². The molecule has 0 aromatic heterocycles. The molecule has 0 bridgehead atoms. The van der Waals surface area contributed by atoms with Crippen LogP contribution in [0.5, 0.6) is 0 Å². The largest absolute Gasteiger partial charge is 0.381 e. The van der Waals surface area contributed by atoms with Crippen molar-refractivity contribution in [1.82, 2.24) is 5.32 Å². The van der Waals surface area contributed by atoms with Gasteiger partial charge in [0.25, 0.3) is 0 Å². The van der Waals surface area contributed by atoms with Crippen LogP contribution in [0.25, 0.3) is 16.7 Å². The van der Waals surface area contributed by atoms with Crippen molar-refractivity contribution in [3.63, 3.8) is 0 Å². The number of hydrogen-bond acceptors (Lipinski definition) is 1. The number of nitrogens with one attached hydrogen (secondary N) is 1. The van der Waals surface area contributed by atoms with Gasteiger partial charge >= 0.3 is 0 Å². The molecule has 0 heterocycles. The SMILES string of the molecule is C#C/C(NC)=C(/C)c1cc(CC2CC2)cc(-c2ccc(C)cc2)c1. The molecular weight excluding hydrogens is 290 g/mol. The Morgan fingerprint density at radius 3 is 2.42 bits per heavy atom. The maximum Gasteiger partial charge on any atom is 0.0883 e. The average molecular weight is 315 g/mol.